The highest BCUT2D eigenvalue weighted by Crippen LogP contribution is 2.71. The molecule has 232 valence electrons. The molecule has 42 heavy (non-hydrogen) atoms. The number of nitrogens with zero attached hydrogens (tertiary/aromatic N) is 3. The van der Waals surface area contributed by atoms with E-state index in [1.165, 1.54) is 19.3 Å². The van der Waals surface area contributed by atoms with Crippen LogP contribution in [0.4, 0.5) is 4.79 Å². The molecule has 9 unspecified atom stereocenters. The second-order valence-electron chi connectivity index (χ2n) is 14.7. The Kier molecular flexibility index (Phi) is 7.52. The molecule has 9 atom stereocenters. The third-order valence-electron chi connectivity index (χ3n) is 12.8. The van der Waals surface area contributed by atoms with Crippen molar-refractivity contribution in [2.24, 2.45) is 28.6 Å². The molecule has 0 aromatic carbocycles. The Labute approximate surface area is 249 Å². The van der Waals surface area contributed by atoms with Crippen molar-refractivity contribution in [3.63, 3.8) is 0 Å². The molecule has 1 aromatic heterocycles. The standard InChI is InChI=1S/C33H49N3O6/c1-21(37)42-27-19-33(40)26-8-7-23-18-24(35(5)30(39)36-16-14-34(4)15-17-36)10-12-31(23,2)25(26)11-13-32(33,3)29(27)22-6-9-28(38)41-20-22/h6,9,20,23-27,29,40H,7-8,10-19H2,1-5H3. The van der Waals surface area contributed by atoms with Crippen molar-refractivity contribution in [2.75, 3.05) is 40.3 Å². The zero-order valence-corrected chi connectivity index (χ0v) is 26.0. The van der Waals surface area contributed by atoms with Gasteiger partial charge in [0.2, 0.25) is 0 Å². The lowest BCUT2D eigenvalue weighted by Crippen LogP contribution is -2.62. The zero-order valence-electron chi connectivity index (χ0n) is 26.0. The van der Waals surface area contributed by atoms with Crippen LogP contribution in [0, 0.1) is 28.6 Å². The molecule has 1 N–H and O–H groups in total. The molecule has 0 bridgehead atoms. The number of fused-ring (bicyclic) bond motifs is 5. The van der Waals surface area contributed by atoms with Crippen molar-refractivity contribution >= 4 is 12.0 Å². The number of hydrogen-bond donors (Lipinski definition) is 1. The summed E-state index contributed by atoms with van der Waals surface area (Å²) in [6.45, 7) is 9.46. The number of carbonyl (C=O) groups is 2. The van der Waals surface area contributed by atoms with E-state index in [-0.39, 0.29) is 35.3 Å². The molecule has 4 saturated carbocycles. The van der Waals surface area contributed by atoms with Gasteiger partial charge in [-0.25, -0.2) is 9.59 Å². The number of hydrogen-bond acceptors (Lipinski definition) is 7. The van der Waals surface area contributed by atoms with Crippen molar-refractivity contribution in [2.45, 2.75) is 95.8 Å². The predicted molar refractivity (Wildman–Crippen MR) is 158 cm³/mol. The van der Waals surface area contributed by atoms with E-state index in [9.17, 15) is 19.5 Å². The Hall–Kier alpha value is -2.39. The maximum atomic E-state index is 13.4. The van der Waals surface area contributed by atoms with Gasteiger partial charge >= 0.3 is 17.6 Å². The largest absolute Gasteiger partial charge is 0.462 e. The van der Waals surface area contributed by atoms with E-state index in [0.717, 1.165) is 76.7 Å². The van der Waals surface area contributed by atoms with Gasteiger partial charge in [0.05, 0.1) is 11.9 Å². The number of rotatable bonds is 3. The number of ether oxygens (including phenoxy) is 1. The lowest BCUT2D eigenvalue weighted by molar-refractivity contribution is -0.203. The number of urea groups is 1. The molecule has 1 aromatic rings. The number of piperazine rings is 1. The first-order valence-electron chi connectivity index (χ1n) is 16.1. The van der Waals surface area contributed by atoms with Crippen LogP contribution >= 0.6 is 0 Å². The molecular formula is C33H49N3O6. The van der Waals surface area contributed by atoms with Crippen molar-refractivity contribution in [3.8, 4) is 0 Å². The molecular weight excluding hydrogens is 534 g/mol. The first kappa shape index (κ1) is 29.7. The normalized spacial score (nSPS) is 41.8. The highest BCUT2D eigenvalue weighted by Gasteiger charge is 2.70. The summed E-state index contributed by atoms with van der Waals surface area (Å²) in [6.07, 6.45) is 8.28. The monoisotopic (exact) mass is 583 g/mol. The molecule has 6 rings (SSSR count). The SMILES string of the molecule is CC(=O)OC1CC2(O)C3CCC4CC(N(C)C(=O)N5CCN(C)CC5)CCC4(C)C3CCC2(C)C1c1ccc(=O)oc1. The number of carbonyl (C=O) groups excluding carboxylic acids is 2. The third kappa shape index (κ3) is 4.61. The quantitative estimate of drug-likeness (QED) is 0.535. The lowest BCUT2D eigenvalue weighted by Gasteiger charge is -2.64. The fraction of sp³-hybridized carbons (Fsp3) is 0.788. The summed E-state index contributed by atoms with van der Waals surface area (Å²) >= 11 is 0. The summed E-state index contributed by atoms with van der Waals surface area (Å²) in [5, 5.41) is 12.8. The van der Waals surface area contributed by atoms with E-state index in [1.807, 2.05) is 16.8 Å². The van der Waals surface area contributed by atoms with Gasteiger partial charge in [0.15, 0.2) is 0 Å². The van der Waals surface area contributed by atoms with Crippen LogP contribution in [-0.4, -0.2) is 89.8 Å². The predicted octanol–water partition coefficient (Wildman–Crippen LogP) is 4.09. The van der Waals surface area contributed by atoms with Gasteiger partial charge in [-0.15, -0.1) is 0 Å². The Morgan fingerprint density at radius 1 is 1.05 bits per heavy atom. The summed E-state index contributed by atoms with van der Waals surface area (Å²) in [6, 6.07) is 3.61. The molecule has 0 radical (unpaired) electrons. The van der Waals surface area contributed by atoms with Gasteiger partial charge in [-0.05, 0) is 86.8 Å². The van der Waals surface area contributed by atoms with E-state index < -0.39 is 22.7 Å². The van der Waals surface area contributed by atoms with Crippen LogP contribution in [0.3, 0.4) is 0 Å². The van der Waals surface area contributed by atoms with Gasteiger partial charge in [-0.3, -0.25) is 4.79 Å². The van der Waals surface area contributed by atoms with Gasteiger partial charge in [0, 0.05) is 70.0 Å². The van der Waals surface area contributed by atoms with Gasteiger partial charge in [-0.1, -0.05) is 13.8 Å². The molecule has 5 fully saturated rings. The average molecular weight is 584 g/mol. The molecule has 1 aliphatic heterocycles. The summed E-state index contributed by atoms with van der Waals surface area (Å²) in [5.41, 5.74) is -1.00. The molecule has 9 nitrogen and oxygen atoms in total. The molecule has 2 amide bonds. The van der Waals surface area contributed by atoms with E-state index in [4.69, 9.17) is 9.15 Å². The highest BCUT2D eigenvalue weighted by molar-refractivity contribution is 5.74. The van der Waals surface area contributed by atoms with E-state index in [0.29, 0.717) is 18.3 Å². The molecule has 9 heteroatoms. The smallest absolute Gasteiger partial charge is 0.335 e. The van der Waals surface area contributed by atoms with Gasteiger partial charge in [-0.2, -0.15) is 0 Å². The Bertz CT molecular complexity index is 1240. The second kappa shape index (κ2) is 10.7. The van der Waals surface area contributed by atoms with Crippen molar-refractivity contribution in [3.05, 3.63) is 34.4 Å². The number of aliphatic hydroxyl groups is 1. The Balaban J connectivity index is 1.22. The van der Waals surface area contributed by atoms with Gasteiger partial charge in [0.25, 0.3) is 0 Å². The summed E-state index contributed by atoms with van der Waals surface area (Å²) in [5.74, 6) is 0.399. The van der Waals surface area contributed by atoms with Crippen LogP contribution in [0.5, 0.6) is 0 Å². The second-order valence-corrected chi connectivity index (χ2v) is 14.7. The maximum absolute atomic E-state index is 13.4. The first-order valence-corrected chi connectivity index (χ1v) is 16.1. The van der Waals surface area contributed by atoms with E-state index in [2.05, 4.69) is 25.8 Å². The van der Waals surface area contributed by atoms with Gasteiger partial charge < -0.3 is 29.0 Å². The zero-order chi connectivity index (χ0) is 30.0. The van der Waals surface area contributed by atoms with Crippen LogP contribution in [-0.2, 0) is 9.53 Å². The average Bonchev–Trinajstić information content (AvgIpc) is 3.18. The molecule has 2 heterocycles. The van der Waals surface area contributed by atoms with E-state index in [1.54, 1.807) is 6.07 Å². The molecule has 0 spiro atoms. The maximum Gasteiger partial charge on any atom is 0.335 e. The minimum Gasteiger partial charge on any atom is -0.462 e. The Morgan fingerprint density at radius 2 is 1.79 bits per heavy atom. The van der Waals surface area contributed by atoms with Crippen molar-refractivity contribution in [1.29, 1.82) is 0 Å². The summed E-state index contributed by atoms with van der Waals surface area (Å²) in [4.78, 5) is 43.6. The van der Waals surface area contributed by atoms with Crippen molar-refractivity contribution in [1.82, 2.24) is 14.7 Å². The lowest BCUT2D eigenvalue weighted by atomic mass is 9.43. The van der Waals surface area contributed by atoms with Crippen LogP contribution < -0.4 is 5.63 Å². The van der Waals surface area contributed by atoms with E-state index >= 15 is 0 Å². The van der Waals surface area contributed by atoms with Gasteiger partial charge in [0.1, 0.15) is 6.10 Å². The molecule has 1 saturated heterocycles. The first-order chi connectivity index (χ1) is 19.9. The number of likely N-dealkylation sites (N-methyl/N-ethyl adjacent to an activating group) is 1. The molecule has 5 aliphatic rings. The Morgan fingerprint density at radius 3 is 2.45 bits per heavy atom. The number of esters is 1. The minimum absolute atomic E-state index is 0.1000. The topological polar surface area (TPSA) is 104 Å². The third-order valence-corrected chi connectivity index (χ3v) is 12.8. The van der Waals surface area contributed by atoms with Crippen LogP contribution in [0.1, 0.15) is 83.6 Å². The van der Waals surface area contributed by atoms with Crippen LogP contribution in [0.2, 0.25) is 0 Å². The van der Waals surface area contributed by atoms with Crippen LogP contribution in [0.25, 0.3) is 0 Å². The van der Waals surface area contributed by atoms with Crippen LogP contribution in [0.15, 0.2) is 27.6 Å². The molecule has 4 aliphatic carbocycles. The fourth-order valence-electron chi connectivity index (χ4n) is 10.4. The summed E-state index contributed by atoms with van der Waals surface area (Å²) < 4.78 is 11.2. The minimum atomic E-state index is -0.990. The number of amides is 2. The fourth-order valence-corrected chi connectivity index (χ4v) is 10.4. The highest BCUT2D eigenvalue weighted by atomic mass is 16.5. The van der Waals surface area contributed by atoms with Crippen molar-refractivity contribution < 1.29 is 23.8 Å². The summed E-state index contributed by atoms with van der Waals surface area (Å²) in [7, 11) is 4.10.